The van der Waals surface area contributed by atoms with Crippen LogP contribution in [0.1, 0.15) is 18.9 Å². The molecule has 0 aliphatic rings. The van der Waals surface area contributed by atoms with E-state index in [2.05, 4.69) is 15.7 Å². The molecule has 0 spiro atoms. The van der Waals surface area contributed by atoms with E-state index in [9.17, 15) is 4.79 Å². The fourth-order valence-corrected chi connectivity index (χ4v) is 1.32. The van der Waals surface area contributed by atoms with Gasteiger partial charge in [0.05, 0.1) is 6.20 Å². The van der Waals surface area contributed by atoms with Crippen LogP contribution in [0.15, 0.2) is 12.4 Å². The number of carbonyl (C=O) groups is 1. The Balaban J connectivity index is 2.20. The van der Waals surface area contributed by atoms with E-state index in [4.69, 9.17) is 0 Å². The molecule has 1 atom stereocenters. The Morgan fingerprint density at radius 3 is 2.94 bits per heavy atom. The van der Waals surface area contributed by atoms with Crippen molar-refractivity contribution < 1.29 is 4.79 Å². The first-order chi connectivity index (χ1) is 7.61. The summed E-state index contributed by atoms with van der Waals surface area (Å²) in [5, 5.41) is 10.0. The molecule has 0 saturated heterocycles. The summed E-state index contributed by atoms with van der Waals surface area (Å²) in [6.45, 7) is 2.70. The minimum absolute atomic E-state index is 0.0888. The van der Waals surface area contributed by atoms with Gasteiger partial charge < -0.3 is 10.6 Å². The Kier molecular flexibility index (Phi) is 4.98. The second kappa shape index (κ2) is 6.27. The molecular weight excluding hydrogens is 204 g/mol. The minimum atomic E-state index is 0.0888. The molecule has 16 heavy (non-hydrogen) atoms. The number of likely N-dealkylation sites (N-methyl/N-ethyl adjacent to an activating group) is 1. The normalized spacial score (nSPS) is 12.4. The highest BCUT2D eigenvalue weighted by Crippen LogP contribution is 2.00. The Bertz CT molecular complexity index is 334. The summed E-state index contributed by atoms with van der Waals surface area (Å²) < 4.78 is 1.75. The smallest absolute Gasteiger partial charge is 0.220 e. The van der Waals surface area contributed by atoms with Crippen LogP contribution in [-0.2, 0) is 18.3 Å². The zero-order valence-electron chi connectivity index (χ0n) is 10.2. The summed E-state index contributed by atoms with van der Waals surface area (Å²) in [5.41, 5.74) is 1.10. The summed E-state index contributed by atoms with van der Waals surface area (Å²) in [6, 6.07) is 0.308. The summed E-state index contributed by atoms with van der Waals surface area (Å²) in [7, 11) is 3.75. The van der Waals surface area contributed by atoms with Crippen molar-refractivity contribution in [3.05, 3.63) is 18.0 Å². The van der Waals surface area contributed by atoms with E-state index in [-0.39, 0.29) is 5.91 Å². The Labute approximate surface area is 96.2 Å². The number of carbonyl (C=O) groups excluding carboxylic acids is 1. The number of nitrogens with one attached hydrogen (secondary N) is 2. The van der Waals surface area contributed by atoms with Crippen molar-refractivity contribution in [2.45, 2.75) is 25.8 Å². The van der Waals surface area contributed by atoms with Gasteiger partial charge in [-0.2, -0.15) is 5.10 Å². The molecule has 1 unspecified atom stereocenters. The van der Waals surface area contributed by atoms with Gasteiger partial charge in [0.25, 0.3) is 0 Å². The number of rotatable bonds is 6. The minimum Gasteiger partial charge on any atom is -0.355 e. The molecule has 0 radical (unpaired) electrons. The molecule has 5 nitrogen and oxygen atoms in total. The zero-order chi connectivity index (χ0) is 12.0. The van der Waals surface area contributed by atoms with Gasteiger partial charge in [-0.1, -0.05) is 0 Å². The standard InChI is InChI=1S/C11H20N4O/c1-9(12-2)6-13-11(16)5-4-10-7-14-15(3)8-10/h7-9,12H,4-6H2,1-3H3,(H,13,16). The lowest BCUT2D eigenvalue weighted by molar-refractivity contribution is -0.121. The number of hydrogen-bond donors (Lipinski definition) is 2. The van der Waals surface area contributed by atoms with Crippen LogP contribution in [0.5, 0.6) is 0 Å². The average Bonchev–Trinajstić information content (AvgIpc) is 2.69. The molecule has 1 aromatic heterocycles. The molecule has 2 N–H and O–H groups in total. The topological polar surface area (TPSA) is 58.9 Å². The summed E-state index contributed by atoms with van der Waals surface area (Å²) in [6.07, 6.45) is 4.99. The zero-order valence-corrected chi connectivity index (χ0v) is 10.2. The average molecular weight is 224 g/mol. The van der Waals surface area contributed by atoms with Crippen molar-refractivity contribution in [3.63, 3.8) is 0 Å². The summed E-state index contributed by atoms with van der Waals surface area (Å²) in [5.74, 6) is 0.0888. The van der Waals surface area contributed by atoms with Crippen LogP contribution in [-0.4, -0.2) is 35.3 Å². The molecule has 90 valence electrons. The highest BCUT2D eigenvalue weighted by atomic mass is 16.1. The quantitative estimate of drug-likeness (QED) is 0.719. The molecule has 0 aliphatic carbocycles. The van der Waals surface area contributed by atoms with E-state index in [1.54, 1.807) is 10.9 Å². The predicted molar refractivity (Wildman–Crippen MR) is 63.1 cm³/mol. The number of amides is 1. The summed E-state index contributed by atoms with van der Waals surface area (Å²) in [4.78, 5) is 11.5. The molecule has 0 bridgehead atoms. The van der Waals surface area contributed by atoms with Gasteiger partial charge in [-0.05, 0) is 26.0 Å². The summed E-state index contributed by atoms with van der Waals surface area (Å²) >= 11 is 0. The maximum atomic E-state index is 11.5. The van der Waals surface area contributed by atoms with E-state index in [0.29, 0.717) is 19.0 Å². The van der Waals surface area contributed by atoms with E-state index in [1.165, 1.54) is 0 Å². The Morgan fingerprint density at radius 1 is 1.62 bits per heavy atom. The second-order valence-corrected chi connectivity index (χ2v) is 4.02. The largest absolute Gasteiger partial charge is 0.355 e. The number of aryl methyl sites for hydroxylation is 2. The first-order valence-electron chi connectivity index (χ1n) is 5.53. The van der Waals surface area contributed by atoms with Crippen molar-refractivity contribution in [1.82, 2.24) is 20.4 Å². The van der Waals surface area contributed by atoms with Crippen LogP contribution in [0.2, 0.25) is 0 Å². The maximum Gasteiger partial charge on any atom is 0.220 e. The fraction of sp³-hybridized carbons (Fsp3) is 0.636. The van der Waals surface area contributed by atoms with Crippen LogP contribution in [0.25, 0.3) is 0 Å². The van der Waals surface area contributed by atoms with Gasteiger partial charge in [-0.15, -0.1) is 0 Å². The molecule has 0 aliphatic heterocycles. The Morgan fingerprint density at radius 2 is 2.38 bits per heavy atom. The van der Waals surface area contributed by atoms with Crippen molar-refractivity contribution in [2.24, 2.45) is 7.05 Å². The number of aromatic nitrogens is 2. The van der Waals surface area contributed by atoms with Crippen LogP contribution < -0.4 is 10.6 Å². The molecular formula is C11H20N4O. The van der Waals surface area contributed by atoms with Crippen molar-refractivity contribution in [1.29, 1.82) is 0 Å². The van der Waals surface area contributed by atoms with Gasteiger partial charge in [0.15, 0.2) is 0 Å². The maximum absolute atomic E-state index is 11.5. The van der Waals surface area contributed by atoms with Crippen LogP contribution in [0, 0.1) is 0 Å². The lowest BCUT2D eigenvalue weighted by Crippen LogP contribution is -2.37. The third-order valence-corrected chi connectivity index (χ3v) is 2.50. The van der Waals surface area contributed by atoms with Gasteiger partial charge >= 0.3 is 0 Å². The van der Waals surface area contributed by atoms with Gasteiger partial charge in [-0.25, -0.2) is 0 Å². The van der Waals surface area contributed by atoms with Gasteiger partial charge in [0, 0.05) is 32.3 Å². The SMILES string of the molecule is CNC(C)CNC(=O)CCc1cnn(C)c1. The lowest BCUT2D eigenvalue weighted by Gasteiger charge is -2.10. The second-order valence-electron chi connectivity index (χ2n) is 4.02. The van der Waals surface area contributed by atoms with Crippen molar-refractivity contribution >= 4 is 5.91 Å². The molecule has 0 fully saturated rings. The lowest BCUT2D eigenvalue weighted by atomic mass is 10.2. The van der Waals surface area contributed by atoms with Crippen LogP contribution in [0.4, 0.5) is 0 Å². The molecule has 1 amide bonds. The van der Waals surface area contributed by atoms with Crippen molar-refractivity contribution in [2.75, 3.05) is 13.6 Å². The molecule has 0 aromatic carbocycles. The third kappa shape index (κ3) is 4.44. The van der Waals surface area contributed by atoms with E-state index < -0.39 is 0 Å². The van der Waals surface area contributed by atoms with Gasteiger partial charge in [0.2, 0.25) is 5.91 Å². The van der Waals surface area contributed by atoms with E-state index in [0.717, 1.165) is 12.0 Å². The molecule has 5 heteroatoms. The van der Waals surface area contributed by atoms with Crippen LogP contribution in [0.3, 0.4) is 0 Å². The van der Waals surface area contributed by atoms with Crippen molar-refractivity contribution in [3.8, 4) is 0 Å². The molecule has 1 heterocycles. The fourth-order valence-electron chi connectivity index (χ4n) is 1.32. The molecule has 1 rings (SSSR count). The highest BCUT2D eigenvalue weighted by molar-refractivity contribution is 5.76. The molecule has 1 aromatic rings. The number of hydrogen-bond acceptors (Lipinski definition) is 3. The number of nitrogens with zero attached hydrogens (tertiary/aromatic N) is 2. The van der Waals surface area contributed by atoms with Gasteiger partial charge in [-0.3, -0.25) is 9.48 Å². The first-order valence-corrected chi connectivity index (χ1v) is 5.53. The first kappa shape index (κ1) is 12.7. The van der Waals surface area contributed by atoms with Gasteiger partial charge in [0.1, 0.15) is 0 Å². The highest BCUT2D eigenvalue weighted by Gasteiger charge is 2.04. The third-order valence-electron chi connectivity index (χ3n) is 2.50. The monoisotopic (exact) mass is 224 g/mol. The van der Waals surface area contributed by atoms with E-state index in [1.807, 2.05) is 27.2 Å². The van der Waals surface area contributed by atoms with E-state index >= 15 is 0 Å². The molecule has 0 saturated carbocycles. The Hall–Kier alpha value is -1.36. The predicted octanol–water partition coefficient (Wildman–Crippen LogP) is 0.0768. The van der Waals surface area contributed by atoms with Crippen LogP contribution >= 0.6 is 0 Å².